The molecule has 212 valence electrons. The zero-order chi connectivity index (χ0) is 29.0. The van der Waals surface area contributed by atoms with E-state index in [1.807, 2.05) is 0 Å². The third kappa shape index (κ3) is 6.29. The Bertz CT molecular complexity index is 1620. The fourth-order valence-electron chi connectivity index (χ4n) is 4.05. The van der Waals surface area contributed by atoms with Crippen LogP contribution in [0.25, 0.3) is 22.3 Å². The van der Waals surface area contributed by atoms with E-state index in [1.165, 1.54) is 19.2 Å². The molecule has 0 saturated carbocycles. The Morgan fingerprint density at radius 3 is 2.42 bits per heavy atom. The Morgan fingerprint density at radius 2 is 1.82 bits per heavy atom. The molecule has 3 N–H and O–H groups in total. The van der Waals surface area contributed by atoms with Crippen LogP contribution in [0.15, 0.2) is 65.1 Å². The molecule has 1 heterocycles. The predicted molar refractivity (Wildman–Crippen MR) is 151 cm³/mol. The van der Waals surface area contributed by atoms with Crippen LogP contribution in [0.5, 0.6) is 11.5 Å². The number of sulfonamides is 1. The summed E-state index contributed by atoms with van der Waals surface area (Å²) in [6.07, 6.45) is -0.0393. The summed E-state index contributed by atoms with van der Waals surface area (Å²) in [5.41, 5.74) is 1.85. The lowest BCUT2D eigenvalue weighted by Crippen LogP contribution is -2.33. The number of furan rings is 1. The summed E-state index contributed by atoms with van der Waals surface area (Å²) in [6, 6.07) is 16.1. The van der Waals surface area contributed by atoms with E-state index < -0.39 is 28.5 Å². The van der Waals surface area contributed by atoms with Gasteiger partial charge in [0.15, 0.2) is 11.5 Å². The standard InChI is InChI=1S/C28H30FN3O7S/c1-17(2)37-25-15-20-24(16-23(25)32(13-14-33)40(4,35)36)38-26(27(20)39-28(34)30-3)18-9-11-19(12-10-18)31-22-8-6-5-7-21(22)29/h5-12,15-17,31,33H,13-14H2,1-4H3,(H,30,34). The summed E-state index contributed by atoms with van der Waals surface area (Å²) < 4.78 is 57.9. The summed E-state index contributed by atoms with van der Waals surface area (Å²) in [6.45, 7) is 2.94. The van der Waals surface area contributed by atoms with E-state index in [-0.39, 0.29) is 41.2 Å². The maximum Gasteiger partial charge on any atom is 0.412 e. The summed E-state index contributed by atoms with van der Waals surface area (Å²) in [5, 5.41) is 15.3. The van der Waals surface area contributed by atoms with Gasteiger partial charge in [0.05, 0.1) is 42.3 Å². The van der Waals surface area contributed by atoms with Gasteiger partial charge in [0.25, 0.3) is 0 Å². The number of benzene rings is 3. The lowest BCUT2D eigenvalue weighted by Gasteiger charge is -2.24. The summed E-state index contributed by atoms with van der Waals surface area (Å²) in [7, 11) is -2.38. The van der Waals surface area contributed by atoms with Crippen molar-refractivity contribution < 1.29 is 36.6 Å². The van der Waals surface area contributed by atoms with Crippen molar-refractivity contribution in [1.29, 1.82) is 0 Å². The number of para-hydroxylation sites is 1. The highest BCUT2D eigenvalue weighted by Gasteiger charge is 2.27. The quantitative estimate of drug-likeness (QED) is 0.235. The number of ether oxygens (including phenoxy) is 2. The van der Waals surface area contributed by atoms with Gasteiger partial charge in [-0.2, -0.15) is 0 Å². The van der Waals surface area contributed by atoms with E-state index in [2.05, 4.69) is 10.6 Å². The Balaban J connectivity index is 1.86. The lowest BCUT2D eigenvalue weighted by atomic mass is 10.1. The molecular weight excluding hydrogens is 541 g/mol. The number of aliphatic hydroxyl groups excluding tert-OH is 1. The number of anilines is 3. The molecule has 0 unspecified atom stereocenters. The van der Waals surface area contributed by atoms with E-state index in [1.54, 1.807) is 62.4 Å². The summed E-state index contributed by atoms with van der Waals surface area (Å²) >= 11 is 0. The summed E-state index contributed by atoms with van der Waals surface area (Å²) in [4.78, 5) is 12.3. The first kappa shape index (κ1) is 28.7. The molecule has 1 amide bonds. The number of halogens is 1. The van der Waals surface area contributed by atoms with Gasteiger partial charge < -0.3 is 29.6 Å². The maximum atomic E-state index is 14.1. The van der Waals surface area contributed by atoms with Crippen molar-refractivity contribution in [3.05, 3.63) is 66.5 Å². The molecule has 0 aliphatic carbocycles. The lowest BCUT2D eigenvalue weighted by molar-refractivity contribution is 0.203. The second-order valence-corrected chi connectivity index (χ2v) is 11.0. The smallest absolute Gasteiger partial charge is 0.412 e. The Kier molecular flexibility index (Phi) is 8.50. The van der Waals surface area contributed by atoms with Gasteiger partial charge in [0.1, 0.15) is 17.1 Å². The molecule has 0 radical (unpaired) electrons. The zero-order valence-electron chi connectivity index (χ0n) is 22.4. The van der Waals surface area contributed by atoms with Crippen molar-refractivity contribution in [2.75, 3.05) is 36.1 Å². The van der Waals surface area contributed by atoms with Gasteiger partial charge in [-0.3, -0.25) is 4.31 Å². The number of carbonyl (C=O) groups excluding carboxylic acids is 1. The van der Waals surface area contributed by atoms with Crippen LogP contribution in [0.1, 0.15) is 13.8 Å². The molecule has 12 heteroatoms. The second-order valence-electron chi connectivity index (χ2n) is 9.12. The van der Waals surface area contributed by atoms with Crippen LogP contribution in [-0.4, -0.2) is 52.2 Å². The van der Waals surface area contributed by atoms with Crippen molar-refractivity contribution in [3.63, 3.8) is 0 Å². The average molecular weight is 572 g/mol. The molecule has 0 fully saturated rings. The first-order chi connectivity index (χ1) is 19.0. The minimum Gasteiger partial charge on any atom is -0.489 e. The zero-order valence-corrected chi connectivity index (χ0v) is 23.2. The van der Waals surface area contributed by atoms with Crippen molar-refractivity contribution in [2.45, 2.75) is 20.0 Å². The number of amides is 1. The number of nitrogens with one attached hydrogen (secondary N) is 2. The van der Waals surface area contributed by atoms with Crippen LogP contribution in [0.3, 0.4) is 0 Å². The SMILES string of the molecule is CNC(=O)Oc1c(-c2ccc(Nc3ccccc3F)cc2)oc2cc(N(CCO)S(C)(=O)=O)c(OC(C)C)cc12. The van der Waals surface area contributed by atoms with Crippen LogP contribution in [0, 0.1) is 5.82 Å². The minimum absolute atomic E-state index is 0.0948. The third-order valence-electron chi connectivity index (χ3n) is 5.76. The van der Waals surface area contributed by atoms with Gasteiger partial charge in [-0.05, 0) is 56.3 Å². The first-order valence-corrected chi connectivity index (χ1v) is 14.2. The van der Waals surface area contributed by atoms with Crippen LogP contribution in [-0.2, 0) is 10.0 Å². The molecule has 1 aromatic heterocycles. The van der Waals surface area contributed by atoms with E-state index >= 15 is 0 Å². The number of aliphatic hydroxyl groups is 1. The fourth-order valence-corrected chi connectivity index (χ4v) is 4.96. The average Bonchev–Trinajstić information content (AvgIpc) is 3.24. The molecule has 0 saturated heterocycles. The van der Waals surface area contributed by atoms with E-state index in [9.17, 15) is 22.7 Å². The van der Waals surface area contributed by atoms with Crippen LogP contribution in [0.2, 0.25) is 0 Å². The minimum atomic E-state index is -3.80. The summed E-state index contributed by atoms with van der Waals surface area (Å²) in [5.74, 6) is 0.0961. The molecule has 0 atom stereocenters. The Morgan fingerprint density at radius 1 is 1.12 bits per heavy atom. The topological polar surface area (TPSA) is 130 Å². The predicted octanol–water partition coefficient (Wildman–Crippen LogP) is 5.25. The van der Waals surface area contributed by atoms with E-state index in [0.717, 1.165) is 10.6 Å². The molecule has 0 spiro atoms. The van der Waals surface area contributed by atoms with Crippen molar-refractivity contribution in [1.82, 2.24) is 5.32 Å². The van der Waals surface area contributed by atoms with Crippen molar-refractivity contribution in [3.8, 4) is 22.8 Å². The van der Waals surface area contributed by atoms with Crippen LogP contribution >= 0.6 is 0 Å². The fraction of sp³-hybridized carbons (Fsp3) is 0.250. The molecule has 40 heavy (non-hydrogen) atoms. The molecule has 4 aromatic rings. The van der Waals surface area contributed by atoms with Gasteiger partial charge in [-0.15, -0.1) is 0 Å². The number of nitrogens with zero attached hydrogens (tertiary/aromatic N) is 1. The molecule has 0 aliphatic rings. The monoisotopic (exact) mass is 571 g/mol. The maximum absolute atomic E-state index is 14.1. The highest BCUT2D eigenvalue weighted by Crippen LogP contribution is 2.45. The number of carbonyl (C=O) groups is 1. The third-order valence-corrected chi connectivity index (χ3v) is 6.94. The molecule has 0 bridgehead atoms. The van der Waals surface area contributed by atoms with E-state index in [0.29, 0.717) is 22.3 Å². The molecule has 10 nitrogen and oxygen atoms in total. The normalized spacial score (nSPS) is 11.5. The van der Waals surface area contributed by atoms with Crippen LogP contribution < -0.4 is 24.4 Å². The van der Waals surface area contributed by atoms with Gasteiger partial charge in [-0.25, -0.2) is 17.6 Å². The van der Waals surface area contributed by atoms with Crippen molar-refractivity contribution >= 4 is 44.1 Å². The number of fused-ring (bicyclic) bond motifs is 1. The highest BCUT2D eigenvalue weighted by atomic mass is 32.2. The van der Waals surface area contributed by atoms with Gasteiger partial charge in [-0.1, -0.05) is 12.1 Å². The van der Waals surface area contributed by atoms with Gasteiger partial charge in [0.2, 0.25) is 10.0 Å². The molecule has 0 aliphatic heterocycles. The Labute approximate surface area is 231 Å². The van der Waals surface area contributed by atoms with Crippen molar-refractivity contribution in [2.24, 2.45) is 0 Å². The van der Waals surface area contributed by atoms with Gasteiger partial charge in [0, 0.05) is 24.4 Å². The van der Waals surface area contributed by atoms with Gasteiger partial charge >= 0.3 is 6.09 Å². The second kappa shape index (κ2) is 11.8. The molecular formula is C28H30FN3O7S. The highest BCUT2D eigenvalue weighted by molar-refractivity contribution is 7.92. The number of rotatable bonds is 10. The van der Waals surface area contributed by atoms with Crippen LogP contribution in [0.4, 0.5) is 26.2 Å². The largest absolute Gasteiger partial charge is 0.489 e. The van der Waals surface area contributed by atoms with E-state index in [4.69, 9.17) is 13.9 Å². The molecule has 3 aromatic carbocycles. The Hall–Kier alpha value is -4.29. The number of hydrogen-bond acceptors (Lipinski definition) is 8. The number of hydrogen-bond donors (Lipinski definition) is 3. The first-order valence-electron chi connectivity index (χ1n) is 12.4. The molecule has 4 rings (SSSR count).